The molecule has 0 aliphatic heterocycles. The summed E-state index contributed by atoms with van der Waals surface area (Å²) < 4.78 is 2.64. The van der Waals surface area contributed by atoms with Gasteiger partial charge in [0.1, 0.15) is 0 Å². The molecular weight excluding hydrogens is 645 g/mol. The molecule has 0 bridgehead atoms. The van der Waals surface area contributed by atoms with E-state index in [2.05, 4.69) is 194 Å². The third-order valence-corrected chi connectivity index (χ3v) is 12.5. The second-order valence-corrected chi connectivity index (χ2v) is 15.1. The molecule has 0 N–H and O–H groups in total. The molecule has 1 heteroatoms. The number of thiophene rings is 1. The molecule has 0 atom stereocenters. The highest BCUT2D eigenvalue weighted by molar-refractivity contribution is 7.25. The highest BCUT2D eigenvalue weighted by Crippen LogP contribution is 2.63. The Morgan fingerprint density at radius 1 is 0.404 bits per heavy atom. The zero-order valence-corrected chi connectivity index (χ0v) is 29.2. The minimum atomic E-state index is -0.366. The summed E-state index contributed by atoms with van der Waals surface area (Å²) in [5, 5.41) is 2.63. The lowest BCUT2D eigenvalue weighted by atomic mass is 9.70. The number of hydrogen-bond acceptors (Lipinski definition) is 1. The molecule has 1 heterocycles. The van der Waals surface area contributed by atoms with E-state index in [4.69, 9.17) is 0 Å². The first kappa shape index (κ1) is 29.5. The topological polar surface area (TPSA) is 0 Å². The van der Waals surface area contributed by atoms with Gasteiger partial charge in [-0.15, -0.1) is 11.3 Å². The minimum absolute atomic E-state index is 0.366. The second kappa shape index (κ2) is 11.4. The van der Waals surface area contributed by atoms with Crippen LogP contribution < -0.4 is 0 Å². The predicted molar refractivity (Wildman–Crippen MR) is 221 cm³/mol. The molecule has 0 saturated heterocycles. The van der Waals surface area contributed by atoms with Crippen LogP contribution in [0.2, 0.25) is 0 Å². The van der Waals surface area contributed by atoms with Crippen molar-refractivity contribution in [3.63, 3.8) is 0 Å². The third-order valence-electron chi connectivity index (χ3n) is 11.3. The summed E-state index contributed by atoms with van der Waals surface area (Å²) in [6, 6.07) is 69.8. The van der Waals surface area contributed by atoms with Gasteiger partial charge in [0.15, 0.2) is 0 Å². The molecule has 1 aromatic heterocycles. The summed E-state index contributed by atoms with van der Waals surface area (Å²) in [5.41, 5.74) is 17.7. The van der Waals surface area contributed by atoms with Crippen molar-refractivity contribution in [1.29, 1.82) is 0 Å². The van der Waals surface area contributed by atoms with Gasteiger partial charge < -0.3 is 0 Å². The number of benzene rings is 8. The van der Waals surface area contributed by atoms with Crippen molar-refractivity contribution in [3.05, 3.63) is 227 Å². The van der Waals surface area contributed by atoms with Crippen molar-refractivity contribution >= 4 is 43.2 Å². The zero-order chi connectivity index (χ0) is 34.2. The van der Waals surface area contributed by atoms with Gasteiger partial charge in [-0.2, -0.15) is 0 Å². The van der Waals surface area contributed by atoms with Gasteiger partial charge in [0.2, 0.25) is 0 Å². The van der Waals surface area contributed by atoms with E-state index in [1.165, 1.54) is 98.1 Å². The molecule has 0 nitrogen and oxygen atoms in total. The van der Waals surface area contributed by atoms with E-state index in [1.54, 1.807) is 0 Å². The molecule has 0 fully saturated rings. The molecule has 52 heavy (non-hydrogen) atoms. The third kappa shape index (κ3) is 4.15. The maximum absolute atomic E-state index is 2.45. The normalized spacial score (nSPS) is 13.7. The summed E-state index contributed by atoms with van der Waals surface area (Å²) >= 11 is 1.87. The minimum Gasteiger partial charge on any atom is -0.135 e. The van der Waals surface area contributed by atoms with E-state index in [0.29, 0.717) is 0 Å². The van der Waals surface area contributed by atoms with Crippen molar-refractivity contribution in [2.75, 3.05) is 0 Å². The number of fused-ring (bicyclic) bond motifs is 13. The molecule has 9 aromatic rings. The van der Waals surface area contributed by atoms with Crippen LogP contribution >= 0.6 is 11.3 Å². The van der Waals surface area contributed by atoms with E-state index in [9.17, 15) is 0 Å². The second-order valence-electron chi connectivity index (χ2n) is 14.0. The first-order valence-corrected chi connectivity index (χ1v) is 18.8. The van der Waals surface area contributed by atoms with Crippen LogP contribution in [0.15, 0.2) is 188 Å². The Bertz CT molecular complexity index is 2840. The molecule has 0 unspecified atom stereocenters. The molecule has 8 aromatic carbocycles. The van der Waals surface area contributed by atoms with Crippen LogP contribution in [0.4, 0.5) is 0 Å². The van der Waals surface area contributed by atoms with E-state index in [-0.39, 0.29) is 5.41 Å². The van der Waals surface area contributed by atoms with Crippen molar-refractivity contribution in [2.45, 2.75) is 5.41 Å². The highest BCUT2D eigenvalue weighted by Gasteiger charge is 2.51. The van der Waals surface area contributed by atoms with Gasteiger partial charge in [-0.25, -0.2) is 0 Å². The zero-order valence-electron chi connectivity index (χ0n) is 28.4. The Labute approximate surface area is 307 Å². The van der Waals surface area contributed by atoms with Crippen LogP contribution in [0.5, 0.6) is 0 Å². The van der Waals surface area contributed by atoms with Gasteiger partial charge in [-0.1, -0.05) is 170 Å². The average molecular weight is 677 g/mol. The highest BCUT2D eigenvalue weighted by atomic mass is 32.1. The van der Waals surface area contributed by atoms with Crippen LogP contribution in [0, 0.1) is 0 Å². The van der Waals surface area contributed by atoms with E-state index < -0.39 is 0 Å². The molecule has 1 spiro atoms. The Balaban J connectivity index is 1.17. The monoisotopic (exact) mass is 676 g/mol. The van der Waals surface area contributed by atoms with Crippen molar-refractivity contribution in [1.82, 2.24) is 0 Å². The van der Waals surface area contributed by atoms with Gasteiger partial charge in [0, 0.05) is 20.2 Å². The largest absolute Gasteiger partial charge is 0.135 e. The molecule has 0 radical (unpaired) electrons. The Morgan fingerprint density at radius 3 is 1.71 bits per heavy atom. The maximum atomic E-state index is 2.45. The molecule has 0 amide bonds. The lowest BCUT2D eigenvalue weighted by molar-refractivity contribution is 0.793. The molecule has 0 saturated carbocycles. The first-order valence-electron chi connectivity index (χ1n) is 18.0. The van der Waals surface area contributed by atoms with E-state index in [0.717, 1.165) is 0 Å². The first-order chi connectivity index (χ1) is 25.8. The fourth-order valence-corrected chi connectivity index (χ4v) is 10.2. The quantitative estimate of drug-likeness (QED) is 0.163. The Hall–Kier alpha value is -6.28. The van der Waals surface area contributed by atoms with Gasteiger partial charge >= 0.3 is 0 Å². The van der Waals surface area contributed by atoms with Gasteiger partial charge in [-0.3, -0.25) is 0 Å². The lowest BCUT2D eigenvalue weighted by Gasteiger charge is -2.30. The summed E-state index contributed by atoms with van der Waals surface area (Å²) in [5.74, 6) is 0. The summed E-state index contributed by atoms with van der Waals surface area (Å²) in [4.78, 5) is 0. The van der Waals surface area contributed by atoms with Crippen LogP contribution in [0.25, 0.3) is 65.2 Å². The predicted octanol–water partition coefficient (Wildman–Crippen LogP) is 13.7. The summed E-state index contributed by atoms with van der Waals surface area (Å²) in [7, 11) is 0. The van der Waals surface area contributed by atoms with Crippen LogP contribution in [-0.2, 0) is 5.41 Å². The maximum Gasteiger partial charge on any atom is 0.0725 e. The molecular formula is C51H32S. The molecule has 2 aliphatic carbocycles. The Kier molecular flexibility index (Phi) is 6.44. The smallest absolute Gasteiger partial charge is 0.0725 e. The van der Waals surface area contributed by atoms with Gasteiger partial charge in [-0.05, 0) is 102 Å². The van der Waals surface area contributed by atoms with Crippen molar-refractivity contribution in [2.24, 2.45) is 0 Å². The van der Waals surface area contributed by atoms with Crippen LogP contribution in [-0.4, -0.2) is 0 Å². The van der Waals surface area contributed by atoms with E-state index >= 15 is 0 Å². The fourth-order valence-electron chi connectivity index (χ4n) is 9.15. The SMILES string of the molecule is C(=C(\c1ccc(-c2ccccc2)cc1)c1ccc2sc3ccccc3c2c1)/c1cccc2c1-c1ccccc1C21c2ccccc2-c2ccccc21. The van der Waals surface area contributed by atoms with Crippen LogP contribution in [0.1, 0.15) is 38.9 Å². The molecule has 242 valence electrons. The Morgan fingerprint density at radius 2 is 0.962 bits per heavy atom. The molecule has 11 rings (SSSR count). The van der Waals surface area contributed by atoms with E-state index in [1.807, 2.05) is 11.3 Å². The summed E-state index contributed by atoms with van der Waals surface area (Å²) in [6.45, 7) is 0. The van der Waals surface area contributed by atoms with Crippen molar-refractivity contribution < 1.29 is 0 Å². The average Bonchev–Trinajstić information content (AvgIpc) is 3.84. The summed E-state index contributed by atoms with van der Waals surface area (Å²) in [6.07, 6.45) is 2.45. The fraction of sp³-hybridized carbons (Fsp3) is 0.0196. The van der Waals surface area contributed by atoms with Gasteiger partial charge in [0.25, 0.3) is 0 Å². The standard InChI is InChI=1S/C51H32S/c1-2-13-33(14-3-1)34-25-27-35(28-26-34)42(36-29-30-49-43(31-36)40-18-7-11-24-48(40)52-49)32-37-15-12-23-47-50(37)41-19-6-10-22-46(41)51(47)44-20-8-4-16-38(44)39-17-5-9-21-45(39)51/h1-32H/b42-32-. The molecule has 2 aliphatic rings. The lowest BCUT2D eigenvalue weighted by Crippen LogP contribution is -2.25. The van der Waals surface area contributed by atoms with Crippen molar-refractivity contribution in [3.8, 4) is 33.4 Å². The number of hydrogen-bond donors (Lipinski definition) is 0. The number of rotatable bonds is 4. The van der Waals surface area contributed by atoms with Gasteiger partial charge in [0.05, 0.1) is 5.41 Å². The van der Waals surface area contributed by atoms with Crippen LogP contribution in [0.3, 0.4) is 0 Å².